The largest absolute Gasteiger partial charge is 0.326 e. The number of carbonyl (C=O) groups is 1. The number of rotatable bonds is 6. The zero-order valence-electron chi connectivity index (χ0n) is 13.4. The van der Waals surface area contributed by atoms with Crippen molar-refractivity contribution in [1.82, 2.24) is 5.32 Å². The number of halogens is 1. The van der Waals surface area contributed by atoms with E-state index in [1.807, 2.05) is 12.1 Å². The summed E-state index contributed by atoms with van der Waals surface area (Å²) in [5, 5.41) is 6.46. The third-order valence-corrected chi connectivity index (χ3v) is 4.95. The molecule has 1 aliphatic rings. The molecule has 1 fully saturated rings. The molecule has 2 atom stereocenters. The molecule has 22 heavy (non-hydrogen) atoms. The number of amides is 1. The molecule has 1 aliphatic heterocycles. The average molecular weight is 343 g/mol. The average Bonchev–Trinajstić information content (AvgIpc) is 2.48. The van der Waals surface area contributed by atoms with Gasteiger partial charge in [0.05, 0.1) is 0 Å². The van der Waals surface area contributed by atoms with Crippen molar-refractivity contribution in [1.29, 1.82) is 0 Å². The predicted molar refractivity (Wildman–Crippen MR) is 98.1 cm³/mol. The van der Waals surface area contributed by atoms with Crippen LogP contribution < -0.4 is 10.6 Å². The number of thioether (sulfide) groups is 1. The van der Waals surface area contributed by atoms with Gasteiger partial charge in [-0.1, -0.05) is 19.9 Å². The van der Waals surface area contributed by atoms with Gasteiger partial charge in [0.15, 0.2) is 0 Å². The van der Waals surface area contributed by atoms with E-state index in [4.69, 9.17) is 0 Å². The number of hydrogen-bond acceptors (Lipinski definition) is 3. The van der Waals surface area contributed by atoms with Crippen molar-refractivity contribution in [2.24, 2.45) is 11.8 Å². The second kappa shape index (κ2) is 10.1. The first-order chi connectivity index (χ1) is 10.2. The van der Waals surface area contributed by atoms with Crippen LogP contribution in [0.1, 0.15) is 33.1 Å². The van der Waals surface area contributed by atoms with E-state index in [2.05, 4.69) is 36.6 Å². The standard InChI is InChI=1S/C17H26N2OS.ClH/c1-3-21-16-8-4-7-15(11-16)19-17(20)10-13(2)14-6-5-9-18-12-14;/h4,7-8,11,13-14,18H,3,5-6,9-10,12H2,1-2H3,(H,19,20);1H. The van der Waals surface area contributed by atoms with E-state index in [1.54, 1.807) is 11.8 Å². The SMILES string of the molecule is CCSc1cccc(NC(=O)CC(C)C2CCCNC2)c1.Cl. The Morgan fingerprint density at radius 1 is 1.50 bits per heavy atom. The Labute approximate surface area is 144 Å². The number of piperidine rings is 1. The summed E-state index contributed by atoms with van der Waals surface area (Å²) in [6, 6.07) is 8.10. The molecule has 1 amide bonds. The Hall–Kier alpha value is -0.710. The molecule has 1 saturated heterocycles. The van der Waals surface area contributed by atoms with E-state index < -0.39 is 0 Å². The van der Waals surface area contributed by atoms with Gasteiger partial charge < -0.3 is 10.6 Å². The van der Waals surface area contributed by atoms with Crippen LogP contribution in [0.4, 0.5) is 5.69 Å². The summed E-state index contributed by atoms with van der Waals surface area (Å²) < 4.78 is 0. The van der Waals surface area contributed by atoms with Gasteiger partial charge in [-0.2, -0.15) is 0 Å². The number of anilines is 1. The van der Waals surface area contributed by atoms with Crippen LogP contribution in [-0.4, -0.2) is 24.7 Å². The number of hydrogen-bond donors (Lipinski definition) is 2. The Balaban J connectivity index is 0.00000242. The number of benzene rings is 1. The summed E-state index contributed by atoms with van der Waals surface area (Å²) in [7, 11) is 0. The highest BCUT2D eigenvalue weighted by Gasteiger charge is 2.21. The molecule has 0 radical (unpaired) electrons. The lowest BCUT2D eigenvalue weighted by Crippen LogP contribution is -2.34. The minimum absolute atomic E-state index is 0. The first-order valence-electron chi connectivity index (χ1n) is 7.92. The fourth-order valence-electron chi connectivity index (χ4n) is 2.87. The van der Waals surface area contributed by atoms with Gasteiger partial charge in [0.25, 0.3) is 0 Å². The predicted octanol–water partition coefficient (Wildman–Crippen LogP) is 4.18. The van der Waals surface area contributed by atoms with Crippen LogP contribution in [0.25, 0.3) is 0 Å². The van der Waals surface area contributed by atoms with Gasteiger partial charge in [-0.3, -0.25) is 4.79 Å². The van der Waals surface area contributed by atoms with Crippen molar-refractivity contribution < 1.29 is 4.79 Å². The molecule has 2 N–H and O–H groups in total. The molecular weight excluding hydrogens is 316 g/mol. The van der Waals surface area contributed by atoms with Gasteiger partial charge in [0, 0.05) is 17.0 Å². The van der Waals surface area contributed by atoms with Crippen LogP contribution in [0, 0.1) is 11.8 Å². The van der Waals surface area contributed by atoms with Crippen LogP contribution in [0.3, 0.4) is 0 Å². The van der Waals surface area contributed by atoms with Crippen LogP contribution in [0.15, 0.2) is 29.2 Å². The number of nitrogens with one attached hydrogen (secondary N) is 2. The van der Waals surface area contributed by atoms with E-state index in [9.17, 15) is 4.79 Å². The van der Waals surface area contributed by atoms with Crippen LogP contribution in [0.2, 0.25) is 0 Å². The molecule has 2 rings (SSSR count). The quantitative estimate of drug-likeness (QED) is 0.762. The second-order valence-corrected chi connectivity index (χ2v) is 7.13. The van der Waals surface area contributed by atoms with Crippen molar-refractivity contribution >= 4 is 35.8 Å². The van der Waals surface area contributed by atoms with Crippen molar-refractivity contribution in [2.45, 2.75) is 38.0 Å². The molecule has 0 aromatic heterocycles. The molecule has 0 saturated carbocycles. The van der Waals surface area contributed by atoms with Crippen LogP contribution >= 0.6 is 24.2 Å². The van der Waals surface area contributed by atoms with E-state index in [1.165, 1.54) is 17.7 Å². The van der Waals surface area contributed by atoms with Crippen molar-refractivity contribution in [2.75, 3.05) is 24.2 Å². The summed E-state index contributed by atoms with van der Waals surface area (Å²) in [6.07, 6.45) is 3.08. The molecule has 3 nitrogen and oxygen atoms in total. The van der Waals surface area contributed by atoms with Gasteiger partial charge in [-0.05, 0) is 61.7 Å². The maximum Gasteiger partial charge on any atom is 0.224 e. The Morgan fingerprint density at radius 3 is 3.00 bits per heavy atom. The van der Waals surface area contributed by atoms with E-state index in [0.717, 1.165) is 24.5 Å². The third-order valence-electron chi connectivity index (χ3n) is 4.08. The van der Waals surface area contributed by atoms with Gasteiger partial charge in [0.1, 0.15) is 0 Å². The molecular formula is C17H27ClN2OS. The molecule has 0 spiro atoms. The van der Waals surface area contributed by atoms with Gasteiger partial charge >= 0.3 is 0 Å². The fourth-order valence-corrected chi connectivity index (χ4v) is 3.58. The summed E-state index contributed by atoms with van der Waals surface area (Å²) in [4.78, 5) is 13.4. The highest BCUT2D eigenvalue weighted by Crippen LogP contribution is 2.24. The van der Waals surface area contributed by atoms with Crippen LogP contribution in [-0.2, 0) is 4.79 Å². The Bertz CT molecular complexity index is 464. The van der Waals surface area contributed by atoms with Crippen molar-refractivity contribution in [3.63, 3.8) is 0 Å². The highest BCUT2D eigenvalue weighted by molar-refractivity contribution is 7.99. The first kappa shape index (κ1) is 19.3. The van der Waals surface area contributed by atoms with Gasteiger partial charge in [-0.15, -0.1) is 24.2 Å². The Kier molecular flexibility index (Phi) is 8.91. The smallest absolute Gasteiger partial charge is 0.224 e. The molecule has 124 valence electrons. The normalized spacial score (nSPS) is 19.1. The molecule has 0 aliphatic carbocycles. The monoisotopic (exact) mass is 342 g/mol. The maximum atomic E-state index is 12.2. The minimum atomic E-state index is 0. The second-order valence-electron chi connectivity index (χ2n) is 5.80. The summed E-state index contributed by atoms with van der Waals surface area (Å²) in [5.74, 6) is 2.24. The minimum Gasteiger partial charge on any atom is -0.326 e. The molecule has 5 heteroatoms. The zero-order valence-corrected chi connectivity index (χ0v) is 15.1. The van der Waals surface area contributed by atoms with E-state index in [0.29, 0.717) is 18.3 Å². The van der Waals surface area contributed by atoms with E-state index >= 15 is 0 Å². The number of carbonyl (C=O) groups excluding carboxylic acids is 1. The molecule has 1 heterocycles. The summed E-state index contributed by atoms with van der Waals surface area (Å²) in [6.45, 7) is 6.50. The first-order valence-corrected chi connectivity index (χ1v) is 8.91. The van der Waals surface area contributed by atoms with Crippen molar-refractivity contribution in [3.8, 4) is 0 Å². The third kappa shape index (κ3) is 6.19. The summed E-state index contributed by atoms with van der Waals surface area (Å²) >= 11 is 1.79. The topological polar surface area (TPSA) is 41.1 Å². The molecule has 2 unspecified atom stereocenters. The van der Waals surface area contributed by atoms with Gasteiger partial charge in [-0.25, -0.2) is 0 Å². The molecule has 0 bridgehead atoms. The van der Waals surface area contributed by atoms with Crippen LogP contribution in [0.5, 0.6) is 0 Å². The highest BCUT2D eigenvalue weighted by atomic mass is 35.5. The zero-order chi connectivity index (χ0) is 15.1. The fraction of sp³-hybridized carbons (Fsp3) is 0.588. The maximum absolute atomic E-state index is 12.2. The van der Waals surface area contributed by atoms with Crippen molar-refractivity contribution in [3.05, 3.63) is 24.3 Å². The molecule has 1 aromatic rings. The molecule has 1 aromatic carbocycles. The van der Waals surface area contributed by atoms with E-state index in [-0.39, 0.29) is 18.3 Å². The lowest BCUT2D eigenvalue weighted by molar-refractivity contribution is -0.117. The lowest BCUT2D eigenvalue weighted by atomic mass is 9.85. The van der Waals surface area contributed by atoms with Gasteiger partial charge in [0.2, 0.25) is 5.91 Å². The lowest BCUT2D eigenvalue weighted by Gasteiger charge is -2.28. The summed E-state index contributed by atoms with van der Waals surface area (Å²) in [5.41, 5.74) is 0.910. The Morgan fingerprint density at radius 2 is 2.32 bits per heavy atom.